The van der Waals surface area contributed by atoms with E-state index in [0.717, 1.165) is 19.6 Å². The highest BCUT2D eigenvalue weighted by atomic mass is 16.6. The molecule has 1 saturated heterocycles. The molecule has 1 aromatic carbocycles. The van der Waals surface area contributed by atoms with E-state index in [4.69, 9.17) is 0 Å². The number of benzene rings is 1. The molecule has 5 heteroatoms. The van der Waals surface area contributed by atoms with Crippen LogP contribution < -0.4 is 5.32 Å². The van der Waals surface area contributed by atoms with Gasteiger partial charge in [0, 0.05) is 18.2 Å². The quantitative estimate of drug-likeness (QED) is 0.669. The van der Waals surface area contributed by atoms with Gasteiger partial charge in [0.05, 0.1) is 4.92 Å². The largest absolute Gasteiger partial charge is 0.317 e. The fraction of sp³-hybridized carbons (Fsp3) is 0.625. The van der Waals surface area contributed by atoms with Gasteiger partial charge in [0.25, 0.3) is 5.69 Å². The first kappa shape index (κ1) is 15.9. The lowest BCUT2D eigenvalue weighted by Gasteiger charge is -2.33. The minimum atomic E-state index is -0.337. The number of nitro groups is 1. The maximum absolute atomic E-state index is 10.8. The molecule has 0 bridgehead atoms. The predicted octanol–water partition coefficient (Wildman–Crippen LogP) is 2.98. The number of nitro benzene ring substituents is 1. The molecular weight excluding hydrogens is 266 g/mol. The van der Waals surface area contributed by atoms with Crippen LogP contribution in [0.1, 0.15) is 37.8 Å². The van der Waals surface area contributed by atoms with Gasteiger partial charge in [0.2, 0.25) is 0 Å². The first-order valence-electron chi connectivity index (χ1n) is 7.78. The SMILES string of the molecule is CCNCC1CCCCN(C)C1c1ccc([N+](=O)[O-])cc1. The molecule has 0 aromatic heterocycles. The van der Waals surface area contributed by atoms with Crippen molar-refractivity contribution in [1.29, 1.82) is 0 Å². The Morgan fingerprint density at radius 3 is 2.67 bits per heavy atom. The third kappa shape index (κ3) is 4.02. The highest BCUT2D eigenvalue weighted by Gasteiger charge is 2.28. The normalized spacial score (nSPS) is 23.7. The summed E-state index contributed by atoms with van der Waals surface area (Å²) in [5, 5.41) is 14.3. The predicted molar refractivity (Wildman–Crippen MR) is 84.4 cm³/mol. The van der Waals surface area contributed by atoms with E-state index in [1.54, 1.807) is 12.1 Å². The number of nitrogens with one attached hydrogen (secondary N) is 1. The third-order valence-electron chi connectivity index (χ3n) is 4.36. The van der Waals surface area contributed by atoms with Crippen LogP contribution in [0.4, 0.5) is 5.69 Å². The standard InChI is InChI=1S/C16H25N3O2/c1-3-17-12-14-6-4-5-11-18(2)16(14)13-7-9-15(10-8-13)19(20)21/h7-10,14,16-17H,3-6,11-12H2,1-2H3. The van der Waals surface area contributed by atoms with Crippen molar-refractivity contribution in [1.82, 2.24) is 10.2 Å². The molecule has 2 unspecified atom stereocenters. The Bertz CT molecular complexity index is 461. The van der Waals surface area contributed by atoms with Gasteiger partial charge in [-0.15, -0.1) is 0 Å². The Labute approximate surface area is 126 Å². The third-order valence-corrected chi connectivity index (χ3v) is 4.36. The number of hydrogen-bond acceptors (Lipinski definition) is 4. The smallest absolute Gasteiger partial charge is 0.269 e. The minimum Gasteiger partial charge on any atom is -0.317 e. The zero-order valence-electron chi connectivity index (χ0n) is 12.9. The lowest BCUT2D eigenvalue weighted by Crippen LogP contribution is -2.34. The van der Waals surface area contributed by atoms with Gasteiger partial charge < -0.3 is 5.32 Å². The Morgan fingerprint density at radius 2 is 2.05 bits per heavy atom. The van der Waals surface area contributed by atoms with Crippen molar-refractivity contribution >= 4 is 5.69 Å². The summed E-state index contributed by atoms with van der Waals surface area (Å²) in [6.45, 7) is 5.20. The van der Waals surface area contributed by atoms with Crippen LogP contribution in [0, 0.1) is 16.0 Å². The Morgan fingerprint density at radius 1 is 1.33 bits per heavy atom. The Balaban J connectivity index is 2.22. The number of non-ortho nitro benzene ring substituents is 1. The van der Waals surface area contributed by atoms with Gasteiger partial charge in [-0.25, -0.2) is 0 Å². The molecule has 1 aromatic rings. The van der Waals surface area contributed by atoms with Crippen LogP contribution in [-0.2, 0) is 0 Å². The van der Waals surface area contributed by atoms with Gasteiger partial charge in [0.1, 0.15) is 0 Å². The summed E-state index contributed by atoms with van der Waals surface area (Å²) in [5.74, 6) is 0.555. The summed E-state index contributed by atoms with van der Waals surface area (Å²) in [7, 11) is 2.16. The lowest BCUT2D eigenvalue weighted by molar-refractivity contribution is -0.384. The van der Waals surface area contributed by atoms with Gasteiger partial charge in [-0.05, 0) is 51.0 Å². The number of likely N-dealkylation sites (tertiary alicyclic amines) is 1. The van der Waals surface area contributed by atoms with Crippen LogP contribution in [0.15, 0.2) is 24.3 Å². The van der Waals surface area contributed by atoms with Crippen molar-refractivity contribution in [2.45, 2.75) is 32.2 Å². The molecule has 0 aliphatic carbocycles. The zero-order chi connectivity index (χ0) is 15.2. The maximum Gasteiger partial charge on any atom is 0.269 e. The summed E-state index contributed by atoms with van der Waals surface area (Å²) < 4.78 is 0. The fourth-order valence-corrected chi connectivity index (χ4v) is 3.29. The molecule has 0 saturated carbocycles. The van der Waals surface area contributed by atoms with Crippen molar-refractivity contribution in [2.24, 2.45) is 5.92 Å². The summed E-state index contributed by atoms with van der Waals surface area (Å²) in [6.07, 6.45) is 3.69. The molecule has 116 valence electrons. The second-order valence-corrected chi connectivity index (χ2v) is 5.84. The first-order chi connectivity index (χ1) is 10.1. The van der Waals surface area contributed by atoms with E-state index in [-0.39, 0.29) is 10.6 Å². The number of rotatable bonds is 5. The van der Waals surface area contributed by atoms with Crippen LogP contribution >= 0.6 is 0 Å². The van der Waals surface area contributed by atoms with Crippen LogP contribution in [0.25, 0.3) is 0 Å². The topological polar surface area (TPSA) is 58.4 Å². The summed E-state index contributed by atoms with van der Waals surface area (Å²) in [5.41, 5.74) is 1.35. The second-order valence-electron chi connectivity index (χ2n) is 5.84. The van der Waals surface area contributed by atoms with Gasteiger partial charge in [-0.1, -0.05) is 25.5 Å². The van der Waals surface area contributed by atoms with Crippen molar-refractivity contribution in [3.05, 3.63) is 39.9 Å². The van der Waals surface area contributed by atoms with Gasteiger partial charge >= 0.3 is 0 Å². The molecule has 5 nitrogen and oxygen atoms in total. The minimum absolute atomic E-state index is 0.165. The Hall–Kier alpha value is -1.46. The average Bonchev–Trinajstić information content (AvgIpc) is 2.66. The fourth-order valence-electron chi connectivity index (χ4n) is 3.29. The van der Waals surface area contributed by atoms with Crippen molar-refractivity contribution in [2.75, 3.05) is 26.7 Å². The van der Waals surface area contributed by atoms with E-state index < -0.39 is 0 Å². The second kappa shape index (κ2) is 7.52. The number of nitrogens with zero attached hydrogens (tertiary/aromatic N) is 2. The summed E-state index contributed by atoms with van der Waals surface area (Å²) in [4.78, 5) is 12.9. The van der Waals surface area contributed by atoms with E-state index in [0.29, 0.717) is 12.0 Å². The first-order valence-corrected chi connectivity index (χ1v) is 7.78. The van der Waals surface area contributed by atoms with E-state index in [2.05, 4.69) is 24.2 Å². The van der Waals surface area contributed by atoms with Gasteiger partial charge in [-0.3, -0.25) is 15.0 Å². The van der Waals surface area contributed by atoms with E-state index >= 15 is 0 Å². The van der Waals surface area contributed by atoms with Crippen LogP contribution in [-0.4, -0.2) is 36.5 Å². The molecule has 1 aliphatic heterocycles. The highest BCUT2D eigenvalue weighted by Crippen LogP contribution is 2.34. The molecule has 1 aliphatic rings. The number of hydrogen-bond donors (Lipinski definition) is 1. The molecule has 1 heterocycles. The van der Waals surface area contributed by atoms with Crippen molar-refractivity contribution in [3.8, 4) is 0 Å². The van der Waals surface area contributed by atoms with Crippen LogP contribution in [0.3, 0.4) is 0 Å². The molecular formula is C16H25N3O2. The molecule has 21 heavy (non-hydrogen) atoms. The van der Waals surface area contributed by atoms with E-state index in [1.807, 2.05) is 12.1 Å². The Kier molecular flexibility index (Phi) is 5.70. The zero-order valence-corrected chi connectivity index (χ0v) is 12.9. The molecule has 0 amide bonds. The molecule has 1 fully saturated rings. The molecule has 1 N–H and O–H groups in total. The molecule has 0 spiro atoms. The van der Waals surface area contributed by atoms with Gasteiger partial charge in [0.15, 0.2) is 0 Å². The van der Waals surface area contributed by atoms with Crippen LogP contribution in [0.2, 0.25) is 0 Å². The van der Waals surface area contributed by atoms with Crippen molar-refractivity contribution < 1.29 is 4.92 Å². The van der Waals surface area contributed by atoms with Gasteiger partial charge in [-0.2, -0.15) is 0 Å². The van der Waals surface area contributed by atoms with Crippen molar-refractivity contribution in [3.63, 3.8) is 0 Å². The van der Waals surface area contributed by atoms with E-state index in [1.165, 1.54) is 24.8 Å². The molecule has 0 radical (unpaired) electrons. The monoisotopic (exact) mass is 291 g/mol. The average molecular weight is 291 g/mol. The summed E-state index contributed by atoms with van der Waals surface area (Å²) in [6, 6.07) is 7.43. The summed E-state index contributed by atoms with van der Waals surface area (Å²) >= 11 is 0. The molecule has 2 atom stereocenters. The molecule has 2 rings (SSSR count). The lowest BCUT2D eigenvalue weighted by atomic mass is 9.89. The maximum atomic E-state index is 10.8. The van der Waals surface area contributed by atoms with E-state index in [9.17, 15) is 10.1 Å². The highest BCUT2D eigenvalue weighted by molar-refractivity contribution is 5.34. The van der Waals surface area contributed by atoms with Crippen LogP contribution in [0.5, 0.6) is 0 Å².